The number of ether oxygens (including phenoxy) is 2. The fourth-order valence-corrected chi connectivity index (χ4v) is 2.66. The standard InChI is InChI=1S/C9H16O4.C6H9NO/c1-5(2)9-3-6(10)8(11)7(13-9)4-12-9;1-5-3-2-4-6(8)7-5/h5-8,10-11H,3-4H2,1-2H3;2-5,7-8H,1H3. The van der Waals surface area contributed by atoms with E-state index in [9.17, 15) is 10.2 Å². The number of aliphatic hydroxyl groups is 3. The van der Waals surface area contributed by atoms with Crippen molar-refractivity contribution in [3.8, 4) is 0 Å². The van der Waals surface area contributed by atoms with Crippen molar-refractivity contribution in [3.63, 3.8) is 0 Å². The van der Waals surface area contributed by atoms with Gasteiger partial charge in [-0.3, -0.25) is 0 Å². The molecular formula is C15H25NO5. The quantitative estimate of drug-likeness (QED) is 0.573. The topological polar surface area (TPSA) is 91.2 Å². The first-order valence-electron chi connectivity index (χ1n) is 7.36. The van der Waals surface area contributed by atoms with Gasteiger partial charge in [-0.25, -0.2) is 0 Å². The zero-order valence-corrected chi connectivity index (χ0v) is 12.7. The lowest BCUT2D eigenvalue weighted by molar-refractivity contribution is -0.257. The van der Waals surface area contributed by atoms with Crippen molar-refractivity contribution in [2.24, 2.45) is 5.92 Å². The van der Waals surface area contributed by atoms with Gasteiger partial charge in [0.2, 0.25) is 0 Å². The number of aliphatic hydroxyl groups excluding tert-OH is 3. The van der Waals surface area contributed by atoms with Crippen LogP contribution in [0.4, 0.5) is 0 Å². The second-order valence-corrected chi connectivity index (χ2v) is 6.07. The molecule has 0 aromatic carbocycles. The molecular weight excluding hydrogens is 274 g/mol. The Labute approximate surface area is 125 Å². The van der Waals surface area contributed by atoms with Gasteiger partial charge in [0.05, 0.1) is 12.7 Å². The second kappa shape index (κ2) is 6.36. The third kappa shape index (κ3) is 3.58. The zero-order chi connectivity index (χ0) is 15.6. The molecule has 0 amide bonds. The average Bonchev–Trinajstić information content (AvgIpc) is 2.78. The molecule has 2 bridgehead atoms. The molecule has 5 atom stereocenters. The first-order chi connectivity index (χ1) is 9.84. The van der Waals surface area contributed by atoms with E-state index in [-0.39, 0.29) is 23.9 Å². The van der Waals surface area contributed by atoms with Crippen LogP contribution in [0.25, 0.3) is 0 Å². The number of rotatable bonds is 1. The van der Waals surface area contributed by atoms with Crippen LogP contribution in [0.2, 0.25) is 0 Å². The van der Waals surface area contributed by atoms with Crippen molar-refractivity contribution in [1.82, 2.24) is 5.32 Å². The molecule has 5 unspecified atom stereocenters. The average molecular weight is 299 g/mol. The molecule has 0 aliphatic carbocycles. The normalized spacial score (nSPS) is 41.1. The molecule has 120 valence electrons. The SMILES string of the molecule is CC(C)C12CC(O)C(O)C(CO1)O2.CC1C=CC=C(O)N1. The number of hydrogen-bond acceptors (Lipinski definition) is 6. The lowest BCUT2D eigenvalue weighted by Gasteiger charge is -2.39. The minimum absolute atomic E-state index is 0.194. The van der Waals surface area contributed by atoms with Crippen molar-refractivity contribution in [3.05, 3.63) is 24.1 Å². The number of nitrogens with one attached hydrogen (secondary N) is 1. The Balaban J connectivity index is 0.000000173. The fourth-order valence-electron chi connectivity index (χ4n) is 2.66. The van der Waals surface area contributed by atoms with Crippen molar-refractivity contribution < 1.29 is 24.8 Å². The van der Waals surface area contributed by atoms with E-state index in [1.54, 1.807) is 6.08 Å². The monoisotopic (exact) mass is 299 g/mol. The van der Waals surface area contributed by atoms with Crippen molar-refractivity contribution in [2.45, 2.75) is 57.3 Å². The third-order valence-corrected chi connectivity index (χ3v) is 4.02. The Morgan fingerprint density at radius 1 is 1.38 bits per heavy atom. The highest BCUT2D eigenvalue weighted by atomic mass is 16.8. The lowest BCUT2D eigenvalue weighted by Crippen LogP contribution is -2.51. The molecule has 4 N–H and O–H groups in total. The molecule has 0 spiro atoms. The van der Waals surface area contributed by atoms with E-state index in [0.29, 0.717) is 13.0 Å². The Kier molecular flexibility index (Phi) is 4.93. The molecule has 2 fully saturated rings. The van der Waals surface area contributed by atoms with Crippen LogP contribution in [0.5, 0.6) is 0 Å². The van der Waals surface area contributed by atoms with Gasteiger partial charge in [0, 0.05) is 18.4 Å². The Bertz CT molecular complexity index is 422. The van der Waals surface area contributed by atoms with Crippen LogP contribution < -0.4 is 5.32 Å². The van der Waals surface area contributed by atoms with Crippen LogP contribution in [-0.2, 0) is 9.47 Å². The first-order valence-corrected chi connectivity index (χ1v) is 7.36. The highest BCUT2D eigenvalue weighted by molar-refractivity contribution is 5.14. The van der Waals surface area contributed by atoms with Crippen LogP contribution in [0.1, 0.15) is 27.2 Å². The minimum atomic E-state index is -0.797. The molecule has 3 aliphatic rings. The summed E-state index contributed by atoms with van der Waals surface area (Å²) in [5.41, 5.74) is 0. The molecule has 21 heavy (non-hydrogen) atoms. The predicted octanol–water partition coefficient (Wildman–Crippen LogP) is 0.813. The van der Waals surface area contributed by atoms with Crippen molar-refractivity contribution in [2.75, 3.05) is 6.61 Å². The molecule has 6 heteroatoms. The Morgan fingerprint density at radius 3 is 2.62 bits per heavy atom. The summed E-state index contributed by atoms with van der Waals surface area (Å²) >= 11 is 0. The fraction of sp³-hybridized carbons (Fsp3) is 0.733. The summed E-state index contributed by atoms with van der Waals surface area (Å²) in [5.74, 6) is -0.219. The van der Waals surface area contributed by atoms with E-state index in [1.165, 1.54) is 0 Å². The number of hydrogen-bond donors (Lipinski definition) is 4. The molecule has 3 rings (SSSR count). The van der Waals surface area contributed by atoms with Gasteiger partial charge in [0.15, 0.2) is 11.7 Å². The van der Waals surface area contributed by atoms with E-state index in [2.05, 4.69) is 5.32 Å². The molecule has 0 radical (unpaired) electrons. The van der Waals surface area contributed by atoms with Gasteiger partial charge in [-0.1, -0.05) is 26.0 Å². The van der Waals surface area contributed by atoms with Crippen LogP contribution in [0.3, 0.4) is 0 Å². The molecule has 0 aromatic rings. The highest BCUT2D eigenvalue weighted by Crippen LogP contribution is 2.41. The summed E-state index contributed by atoms with van der Waals surface area (Å²) in [5, 5.41) is 30.7. The van der Waals surface area contributed by atoms with E-state index < -0.39 is 18.0 Å². The van der Waals surface area contributed by atoms with Crippen LogP contribution in [0.15, 0.2) is 24.1 Å². The predicted molar refractivity (Wildman–Crippen MR) is 77.5 cm³/mol. The second-order valence-electron chi connectivity index (χ2n) is 6.07. The van der Waals surface area contributed by atoms with Gasteiger partial charge in [0.25, 0.3) is 0 Å². The first kappa shape index (κ1) is 16.3. The maximum atomic E-state index is 9.56. The van der Waals surface area contributed by atoms with E-state index in [1.807, 2.05) is 32.9 Å². The number of dihydropyridines is 1. The maximum absolute atomic E-state index is 9.56. The van der Waals surface area contributed by atoms with Crippen molar-refractivity contribution in [1.29, 1.82) is 0 Å². The van der Waals surface area contributed by atoms with Crippen LogP contribution >= 0.6 is 0 Å². The zero-order valence-electron chi connectivity index (χ0n) is 12.7. The Hall–Kier alpha value is -1.08. The molecule has 3 aliphatic heterocycles. The third-order valence-electron chi connectivity index (χ3n) is 4.02. The summed E-state index contributed by atoms with van der Waals surface area (Å²) in [6.45, 7) is 6.34. The largest absolute Gasteiger partial charge is 0.495 e. The van der Waals surface area contributed by atoms with Gasteiger partial charge in [-0.2, -0.15) is 0 Å². The highest BCUT2D eigenvalue weighted by Gasteiger charge is 2.53. The summed E-state index contributed by atoms with van der Waals surface area (Å²) in [6.07, 6.45) is 3.92. The van der Waals surface area contributed by atoms with Crippen LogP contribution in [0, 0.1) is 5.92 Å². The van der Waals surface area contributed by atoms with Crippen molar-refractivity contribution >= 4 is 0 Å². The van der Waals surface area contributed by atoms with Gasteiger partial charge in [-0.05, 0) is 13.0 Å². The van der Waals surface area contributed by atoms with Gasteiger partial charge >= 0.3 is 0 Å². The number of allylic oxidation sites excluding steroid dienone is 2. The molecule has 3 heterocycles. The molecule has 2 saturated heterocycles. The smallest absolute Gasteiger partial charge is 0.184 e. The minimum Gasteiger partial charge on any atom is -0.495 e. The summed E-state index contributed by atoms with van der Waals surface area (Å²) < 4.78 is 11.1. The van der Waals surface area contributed by atoms with Gasteiger partial charge < -0.3 is 30.1 Å². The van der Waals surface area contributed by atoms with E-state index in [0.717, 1.165) is 0 Å². The maximum Gasteiger partial charge on any atom is 0.184 e. The number of fused-ring (bicyclic) bond motifs is 2. The van der Waals surface area contributed by atoms with Gasteiger partial charge in [-0.15, -0.1) is 0 Å². The molecule has 6 nitrogen and oxygen atoms in total. The van der Waals surface area contributed by atoms with Crippen LogP contribution in [-0.4, -0.2) is 52.1 Å². The summed E-state index contributed by atoms with van der Waals surface area (Å²) in [7, 11) is 0. The summed E-state index contributed by atoms with van der Waals surface area (Å²) in [4.78, 5) is 0. The Morgan fingerprint density at radius 2 is 2.10 bits per heavy atom. The summed E-state index contributed by atoms with van der Waals surface area (Å²) in [6, 6.07) is 0.264. The lowest BCUT2D eigenvalue weighted by atomic mass is 9.91. The van der Waals surface area contributed by atoms with E-state index >= 15 is 0 Å². The van der Waals surface area contributed by atoms with Gasteiger partial charge in [0.1, 0.15) is 12.2 Å². The molecule has 0 aromatic heterocycles. The molecule has 0 saturated carbocycles. The van der Waals surface area contributed by atoms with E-state index in [4.69, 9.17) is 14.6 Å².